The zero-order chi connectivity index (χ0) is 17.9. The topological polar surface area (TPSA) is 127 Å². The molecular formula is C16H18O8. The third kappa shape index (κ3) is 6.47. The summed E-state index contributed by atoms with van der Waals surface area (Å²) in [7, 11) is 0. The molecule has 0 amide bonds. The quantitative estimate of drug-likeness (QED) is 0.543. The molecule has 0 aliphatic carbocycles. The zero-order valence-electron chi connectivity index (χ0n) is 12.8. The summed E-state index contributed by atoms with van der Waals surface area (Å²) in [5.74, 6) is -3.18. The lowest BCUT2D eigenvalue weighted by molar-refractivity contribution is -0.139. The van der Waals surface area contributed by atoms with E-state index in [4.69, 9.17) is 19.7 Å². The molecule has 0 atom stereocenters. The minimum Gasteiger partial charge on any atom is -0.481 e. The number of ether oxygens (including phenoxy) is 2. The average Bonchev–Trinajstić information content (AvgIpc) is 2.54. The third-order valence-corrected chi connectivity index (χ3v) is 3.45. The van der Waals surface area contributed by atoms with Crippen LogP contribution in [-0.4, -0.2) is 48.3 Å². The van der Waals surface area contributed by atoms with Crippen LogP contribution >= 0.6 is 0 Å². The highest BCUT2D eigenvalue weighted by Crippen LogP contribution is 2.26. The lowest BCUT2D eigenvalue weighted by Gasteiger charge is -2.17. The molecule has 0 heterocycles. The van der Waals surface area contributed by atoms with Crippen LogP contribution in [0.4, 0.5) is 0 Å². The van der Waals surface area contributed by atoms with Crippen LogP contribution in [0.5, 0.6) is 0 Å². The molecule has 8 heteroatoms. The molecule has 0 fully saturated rings. The summed E-state index contributed by atoms with van der Waals surface area (Å²) in [4.78, 5) is 42.4. The van der Waals surface area contributed by atoms with Crippen LogP contribution in [0.25, 0.3) is 0 Å². The minimum absolute atomic E-state index is 0.0182. The van der Waals surface area contributed by atoms with E-state index in [9.17, 15) is 19.2 Å². The van der Waals surface area contributed by atoms with Gasteiger partial charge in [0.25, 0.3) is 12.9 Å². The van der Waals surface area contributed by atoms with Crippen molar-refractivity contribution >= 4 is 24.9 Å². The van der Waals surface area contributed by atoms with Crippen molar-refractivity contribution < 1.29 is 38.9 Å². The Morgan fingerprint density at radius 3 is 1.54 bits per heavy atom. The lowest BCUT2D eigenvalue weighted by Crippen LogP contribution is -2.15. The molecule has 1 rings (SSSR count). The Kier molecular flexibility index (Phi) is 7.97. The molecule has 0 spiro atoms. The number of carbonyl (C=O) groups is 4. The van der Waals surface area contributed by atoms with Crippen molar-refractivity contribution in [1.82, 2.24) is 0 Å². The maximum absolute atomic E-state index is 10.9. The fourth-order valence-corrected chi connectivity index (χ4v) is 2.32. The maximum atomic E-state index is 10.9. The molecular weight excluding hydrogens is 320 g/mol. The Hall–Kier alpha value is -2.90. The van der Waals surface area contributed by atoms with Crippen LogP contribution in [0, 0.1) is 0 Å². The maximum Gasteiger partial charge on any atom is 0.303 e. The Balaban J connectivity index is 2.92. The van der Waals surface area contributed by atoms with Crippen molar-refractivity contribution in [1.29, 1.82) is 0 Å². The highest BCUT2D eigenvalue weighted by Gasteiger charge is 2.20. The molecule has 0 bridgehead atoms. The molecule has 0 unspecified atom stereocenters. The van der Waals surface area contributed by atoms with Gasteiger partial charge in [-0.25, -0.2) is 0 Å². The normalized spacial score (nSPS) is 10.4. The lowest BCUT2D eigenvalue weighted by atomic mass is 9.90. The van der Waals surface area contributed by atoms with Crippen molar-refractivity contribution in [3.63, 3.8) is 0 Å². The standard InChI is InChI=1S/C16H18O8/c17-9-23-7-14(8-24-10-18)12-3-1-11(2-4-12)13(5-15(19)20)6-16(21)22/h1-4,9-10,13-14H,5-8H2,(H,19,20)(H,21,22). The predicted molar refractivity (Wildman–Crippen MR) is 80.5 cm³/mol. The van der Waals surface area contributed by atoms with Gasteiger partial charge in [-0.2, -0.15) is 0 Å². The van der Waals surface area contributed by atoms with E-state index in [0.29, 0.717) is 11.1 Å². The largest absolute Gasteiger partial charge is 0.481 e. The summed E-state index contributed by atoms with van der Waals surface area (Å²) in [6.07, 6.45) is -0.588. The van der Waals surface area contributed by atoms with Gasteiger partial charge in [0.05, 0.1) is 18.8 Å². The van der Waals surface area contributed by atoms with E-state index < -0.39 is 17.9 Å². The van der Waals surface area contributed by atoms with Gasteiger partial charge in [-0.1, -0.05) is 24.3 Å². The first-order valence-corrected chi connectivity index (χ1v) is 7.11. The first-order chi connectivity index (χ1) is 11.5. The number of carbonyl (C=O) groups excluding carboxylic acids is 2. The summed E-state index contributed by atoms with van der Waals surface area (Å²) in [6.45, 7) is 0.616. The SMILES string of the molecule is O=COCC(COC=O)c1ccc(C(CC(=O)O)CC(=O)O)cc1. The van der Waals surface area contributed by atoms with Crippen LogP contribution < -0.4 is 0 Å². The molecule has 1 aromatic rings. The second-order valence-corrected chi connectivity index (χ2v) is 5.12. The predicted octanol–water partition coefficient (Wildman–Crippen LogP) is 1.15. The number of carboxylic acids is 2. The van der Waals surface area contributed by atoms with Gasteiger partial charge in [0.1, 0.15) is 13.2 Å². The van der Waals surface area contributed by atoms with Crippen LogP contribution in [-0.2, 0) is 28.7 Å². The van der Waals surface area contributed by atoms with Crippen molar-refractivity contribution in [2.45, 2.75) is 24.7 Å². The van der Waals surface area contributed by atoms with E-state index in [1.165, 1.54) is 0 Å². The minimum atomic E-state index is -1.08. The molecule has 24 heavy (non-hydrogen) atoms. The van der Waals surface area contributed by atoms with Crippen LogP contribution in [0.1, 0.15) is 35.8 Å². The monoisotopic (exact) mass is 338 g/mol. The van der Waals surface area contributed by atoms with Gasteiger partial charge >= 0.3 is 11.9 Å². The summed E-state index contributed by atoms with van der Waals surface area (Å²) < 4.78 is 9.40. The third-order valence-electron chi connectivity index (χ3n) is 3.45. The molecule has 0 aromatic heterocycles. The van der Waals surface area contributed by atoms with Gasteiger partial charge in [-0.05, 0) is 11.1 Å². The van der Waals surface area contributed by atoms with Crippen molar-refractivity contribution in [2.75, 3.05) is 13.2 Å². The highest BCUT2D eigenvalue weighted by atomic mass is 16.5. The van der Waals surface area contributed by atoms with E-state index in [1.54, 1.807) is 24.3 Å². The van der Waals surface area contributed by atoms with E-state index in [2.05, 4.69) is 0 Å². The zero-order valence-corrected chi connectivity index (χ0v) is 12.8. The molecule has 1 aromatic carbocycles. The summed E-state index contributed by atoms with van der Waals surface area (Å²) in [6, 6.07) is 6.58. The summed E-state index contributed by atoms with van der Waals surface area (Å²) in [5.41, 5.74) is 1.29. The summed E-state index contributed by atoms with van der Waals surface area (Å²) >= 11 is 0. The Bertz CT molecular complexity index is 538. The number of aliphatic carboxylic acids is 2. The van der Waals surface area contributed by atoms with Gasteiger partial charge in [-0.3, -0.25) is 19.2 Å². The smallest absolute Gasteiger partial charge is 0.303 e. The Morgan fingerprint density at radius 1 is 0.833 bits per heavy atom. The molecule has 0 aliphatic heterocycles. The van der Waals surface area contributed by atoms with Gasteiger partial charge in [-0.15, -0.1) is 0 Å². The molecule has 0 aliphatic rings. The van der Waals surface area contributed by atoms with E-state index in [1.807, 2.05) is 0 Å². The molecule has 2 N–H and O–H groups in total. The van der Waals surface area contributed by atoms with Crippen molar-refractivity contribution in [2.24, 2.45) is 0 Å². The fraction of sp³-hybridized carbons (Fsp3) is 0.375. The van der Waals surface area contributed by atoms with E-state index in [0.717, 1.165) is 0 Å². The number of hydrogen-bond acceptors (Lipinski definition) is 6. The van der Waals surface area contributed by atoms with Gasteiger partial charge in [0, 0.05) is 5.92 Å². The molecule has 0 saturated carbocycles. The van der Waals surface area contributed by atoms with Crippen LogP contribution in [0.2, 0.25) is 0 Å². The van der Waals surface area contributed by atoms with Crippen molar-refractivity contribution in [3.8, 4) is 0 Å². The summed E-state index contributed by atoms with van der Waals surface area (Å²) in [5, 5.41) is 17.8. The number of carboxylic acid groups (broad SMARTS) is 2. The number of benzene rings is 1. The van der Waals surface area contributed by atoms with Crippen LogP contribution in [0.3, 0.4) is 0 Å². The molecule has 130 valence electrons. The van der Waals surface area contributed by atoms with E-state index >= 15 is 0 Å². The molecule has 8 nitrogen and oxygen atoms in total. The van der Waals surface area contributed by atoms with Crippen LogP contribution in [0.15, 0.2) is 24.3 Å². The Morgan fingerprint density at radius 2 is 1.21 bits per heavy atom. The van der Waals surface area contributed by atoms with E-state index in [-0.39, 0.29) is 44.9 Å². The first kappa shape index (κ1) is 19.1. The second-order valence-electron chi connectivity index (χ2n) is 5.12. The number of hydrogen-bond donors (Lipinski definition) is 2. The van der Waals surface area contributed by atoms with Crippen molar-refractivity contribution in [3.05, 3.63) is 35.4 Å². The molecule has 0 radical (unpaired) electrons. The Labute approximate surface area is 138 Å². The molecule has 0 saturated heterocycles. The van der Waals surface area contributed by atoms with Gasteiger partial charge in [0.2, 0.25) is 0 Å². The number of rotatable bonds is 12. The second kappa shape index (κ2) is 9.98. The first-order valence-electron chi connectivity index (χ1n) is 7.11. The fourth-order valence-electron chi connectivity index (χ4n) is 2.32. The average molecular weight is 338 g/mol. The highest BCUT2D eigenvalue weighted by molar-refractivity contribution is 5.72. The van der Waals surface area contributed by atoms with Gasteiger partial charge in [0.15, 0.2) is 0 Å². The van der Waals surface area contributed by atoms with Gasteiger partial charge < -0.3 is 19.7 Å².